The highest BCUT2D eigenvalue weighted by Gasteiger charge is 2.15. The molecule has 2 rings (SSSR count). The SMILES string of the molecule is Cn1cccc1C(=O)NC(=O)COC(=O)CNC(=O)c1cccc(Br)c1. The van der Waals surface area contributed by atoms with E-state index in [0.29, 0.717) is 11.3 Å². The Balaban J connectivity index is 1.73. The summed E-state index contributed by atoms with van der Waals surface area (Å²) in [5.74, 6) is -2.61. The van der Waals surface area contributed by atoms with Gasteiger partial charge in [-0.1, -0.05) is 22.0 Å². The first kappa shape index (κ1) is 19.4. The van der Waals surface area contributed by atoms with Gasteiger partial charge in [0.25, 0.3) is 17.7 Å². The Kier molecular flexibility index (Phi) is 6.67. The van der Waals surface area contributed by atoms with Crippen LogP contribution < -0.4 is 10.6 Å². The average Bonchev–Trinajstić information content (AvgIpc) is 3.04. The van der Waals surface area contributed by atoms with Crippen LogP contribution in [0.25, 0.3) is 0 Å². The zero-order valence-electron chi connectivity index (χ0n) is 13.8. The molecular weight excluding hydrogens is 406 g/mol. The first-order valence-corrected chi connectivity index (χ1v) is 8.31. The lowest BCUT2D eigenvalue weighted by Crippen LogP contribution is -2.37. The van der Waals surface area contributed by atoms with Gasteiger partial charge in [-0.15, -0.1) is 0 Å². The number of aromatic nitrogens is 1. The molecule has 0 aliphatic carbocycles. The molecule has 0 aliphatic heterocycles. The molecule has 1 aromatic heterocycles. The average molecular weight is 422 g/mol. The van der Waals surface area contributed by atoms with Gasteiger partial charge in [-0.25, -0.2) is 0 Å². The fourth-order valence-corrected chi connectivity index (χ4v) is 2.40. The van der Waals surface area contributed by atoms with Crippen LogP contribution in [0.5, 0.6) is 0 Å². The van der Waals surface area contributed by atoms with Crippen LogP contribution >= 0.6 is 15.9 Å². The second kappa shape index (κ2) is 8.95. The van der Waals surface area contributed by atoms with E-state index in [1.165, 1.54) is 0 Å². The van der Waals surface area contributed by atoms with E-state index in [0.717, 1.165) is 4.47 Å². The molecule has 9 heteroatoms. The number of hydrogen-bond donors (Lipinski definition) is 2. The van der Waals surface area contributed by atoms with Crippen LogP contribution in [0.2, 0.25) is 0 Å². The summed E-state index contributed by atoms with van der Waals surface area (Å²) in [7, 11) is 1.66. The van der Waals surface area contributed by atoms with Gasteiger partial charge < -0.3 is 14.6 Å². The molecule has 1 heterocycles. The molecule has 136 valence electrons. The van der Waals surface area contributed by atoms with Gasteiger partial charge in [-0.05, 0) is 30.3 Å². The van der Waals surface area contributed by atoms with Gasteiger partial charge in [0.05, 0.1) is 0 Å². The number of nitrogens with one attached hydrogen (secondary N) is 2. The van der Waals surface area contributed by atoms with Crippen molar-refractivity contribution in [3.05, 3.63) is 58.3 Å². The number of ether oxygens (including phenoxy) is 1. The highest BCUT2D eigenvalue weighted by molar-refractivity contribution is 9.10. The predicted molar refractivity (Wildman–Crippen MR) is 95.3 cm³/mol. The molecule has 26 heavy (non-hydrogen) atoms. The third-order valence-electron chi connectivity index (χ3n) is 3.27. The molecule has 0 saturated carbocycles. The van der Waals surface area contributed by atoms with Crippen LogP contribution in [0.4, 0.5) is 0 Å². The number of nitrogens with zero attached hydrogens (tertiary/aromatic N) is 1. The lowest BCUT2D eigenvalue weighted by atomic mass is 10.2. The summed E-state index contributed by atoms with van der Waals surface area (Å²) in [4.78, 5) is 47.0. The topological polar surface area (TPSA) is 106 Å². The van der Waals surface area contributed by atoms with Crippen molar-refractivity contribution in [3.63, 3.8) is 0 Å². The van der Waals surface area contributed by atoms with Crippen molar-refractivity contribution in [2.75, 3.05) is 13.2 Å². The molecular formula is C17H16BrN3O5. The van der Waals surface area contributed by atoms with E-state index in [9.17, 15) is 19.2 Å². The molecule has 8 nitrogen and oxygen atoms in total. The van der Waals surface area contributed by atoms with Gasteiger partial charge in [-0.3, -0.25) is 24.5 Å². The second-order valence-electron chi connectivity index (χ2n) is 5.24. The van der Waals surface area contributed by atoms with E-state index >= 15 is 0 Å². The van der Waals surface area contributed by atoms with Crippen molar-refractivity contribution in [2.45, 2.75) is 0 Å². The van der Waals surface area contributed by atoms with Crippen molar-refractivity contribution >= 4 is 39.6 Å². The monoisotopic (exact) mass is 421 g/mol. The van der Waals surface area contributed by atoms with Crippen LogP contribution in [-0.2, 0) is 21.4 Å². The molecule has 0 unspecified atom stereocenters. The maximum absolute atomic E-state index is 11.9. The number of amides is 3. The van der Waals surface area contributed by atoms with E-state index in [2.05, 4.69) is 26.6 Å². The molecule has 0 radical (unpaired) electrons. The molecule has 0 fully saturated rings. The first-order valence-electron chi connectivity index (χ1n) is 7.51. The minimum Gasteiger partial charge on any atom is -0.454 e. The van der Waals surface area contributed by atoms with Crippen LogP contribution in [0.1, 0.15) is 20.8 Å². The molecule has 0 bridgehead atoms. The van der Waals surface area contributed by atoms with E-state index in [1.54, 1.807) is 54.2 Å². The van der Waals surface area contributed by atoms with E-state index in [1.807, 2.05) is 0 Å². The maximum Gasteiger partial charge on any atom is 0.325 e. The molecule has 0 spiro atoms. The Hall–Kier alpha value is -2.94. The Bertz CT molecular complexity index is 846. The Labute approximate surface area is 157 Å². The quantitative estimate of drug-likeness (QED) is 0.677. The van der Waals surface area contributed by atoms with E-state index < -0.39 is 36.8 Å². The summed E-state index contributed by atoms with van der Waals surface area (Å²) in [5, 5.41) is 4.49. The third kappa shape index (κ3) is 5.55. The van der Waals surface area contributed by atoms with Crippen molar-refractivity contribution < 1.29 is 23.9 Å². The first-order chi connectivity index (χ1) is 12.4. The number of benzene rings is 1. The highest BCUT2D eigenvalue weighted by atomic mass is 79.9. The van der Waals surface area contributed by atoms with Gasteiger partial charge in [0.1, 0.15) is 12.2 Å². The third-order valence-corrected chi connectivity index (χ3v) is 3.77. The summed E-state index contributed by atoms with van der Waals surface area (Å²) in [6.45, 7) is -1.02. The van der Waals surface area contributed by atoms with Crippen molar-refractivity contribution in [2.24, 2.45) is 7.05 Å². The molecule has 2 aromatic rings. The molecule has 2 N–H and O–H groups in total. The predicted octanol–water partition coefficient (Wildman–Crippen LogP) is 1.02. The lowest BCUT2D eigenvalue weighted by Gasteiger charge is -2.07. The number of halogens is 1. The van der Waals surface area contributed by atoms with Gasteiger partial charge in [0.15, 0.2) is 6.61 Å². The van der Waals surface area contributed by atoms with E-state index in [4.69, 9.17) is 4.74 Å². The molecule has 1 aromatic carbocycles. The fraction of sp³-hybridized carbons (Fsp3) is 0.176. The van der Waals surface area contributed by atoms with Crippen molar-refractivity contribution in [1.29, 1.82) is 0 Å². The highest BCUT2D eigenvalue weighted by Crippen LogP contribution is 2.11. The minimum absolute atomic E-state index is 0.297. The van der Waals surface area contributed by atoms with Gasteiger partial charge >= 0.3 is 5.97 Å². The number of esters is 1. The van der Waals surface area contributed by atoms with E-state index in [-0.39, 0.29) is 0 Å². The Morgan fingerprint density at radius 3 is 2.54 bits per heavy atom. The minimum atomic E-state index is -0.796. The van der Waals surface area contributed by atoms with Crippen LogP contribution in [0, 0.1) is 0 Å². The summed E-state index contributed by atoms with van der Waals surface area (Å²) < 4.78 is 7.00. The number of rotatable bonds is 6. The number of imide groups is 1. The van der Waals surface area contributed by atoms with Gasteiger partial charge in [0, 0.05) is 23.3 Å². The summed E-state index contributed by atoms with van der Waals surface area (Å²) in [6.07, 6.45) is 1.66. The van der Waals surface area contributed by atoms with Crippen LogP contribution in [0.15, 0.2) is 47.1 Å². The summed E-state index contributed by atoms with van der Waals surface area (Å²) in [5.41, 5.74) is 0.670. The summed E-state index contributed by atoms with van der Waals surface area (Å²) >= 11 is 3.24. The number of carbonyl (C=O) groups excluding carboxylic acids is 4. The smallest absolute Gasteiger partial charge is 0.325 e. The van der Waals surface area contributed by atoms with Crippen molar-refractivity contribution in [1.82, 2.24) is 15.2 Å². The zero-order chi connectivity index (χ0) is 19.1. The zero-order valence-corrected chi connectivity index (χ0v) is 15.4. The van der Waals surface area contributed by atoms with Crippen molar-refractivity contribution in [3.8, 4) is 0 Å². The Morgan fingerprint density at radius 1 is 1.12 bits per heavy atom. The van der Waals surface area contributed by atoms with Crippen LogP contribution in [-0.4, -0.2) is 41.4 Å². The number of aryl methyl sites for hydroxylation is 1. The van der Waals surface area contributed by atoms with Gasteiger partial charge in [-0.2, -0.15) is 0 Å². The maximum atomic E-state index is 11.9. The fourth-order valence-electron chi connectivity index (χ4n) is 2.01. The number of hydrogen-bond acceptors (Lipinski definition) is 5. The molecule has 3 amide bonds. The Morgan fingerprint density at radius 2 is 1.88 bits per heavy atom. The lowest BCUT2D eigenvalue weighted by molar-refractivity contribution is -0.147. The normalized spacial score (nSPS) is 10.1. The number of carbonyl (C=O) groups is 4. The van der Waals surface area contributed by atoms with Gasteiger partial charge in [0.2, 0.25) is 0 Å². The standard InChI is InChI=1S/C17H16BrN3O5/c1-21-7-3-6-13(21)17(25)20-14(22)10-26-15(23)9-19-16(24)11-4-2-5-12(18)8-11/h2-8H,9-10H2,1H3,(H,19,24)(H,20,22,25). The summed E-state index contributed by atoms with van der Waals surface area (Å²) in [6, 6.07) is 9.85. The molecule has 0 atom stereocenters. The molecule has 0 aliphatic rings. The molecule has 0 saturated heterocycles. The largest absolute Gasteiger partial charge is 0.454 e. The second-order valence-corrected chi connectivity index (χ2v) is 6.15. The van der Waals surface area contributed by atoms with Crippen LogP contribution in [0.3, 0.4) is 0 Å².